The third-order valence-corrected chi connectivity index (χ3v) is 5.64. The van der Waals surface area contributed by atoms with E-state index in [9.17, 15) is 9.59 Å². The fourth-order valence-electron chi connectivity index (χ4n) is 3.82. The topological polar surface area (TPSA) is 75.6 Å². The van der Waals surface area contributed by atoms with E-state index in [2.05, 4.69) is 29.6 Å². The fraction of sp³-hybridized carbons (Fsp3) is 0.286. The molecule has 1 amide bonds. The number of aryl methyl sites for hydroxylation is 1. The Kier molecular flexibility index (Phi) is 9.07. The van der Waals surface area contributed by atoms with Gasteiger partial charge in [-0.3, -0.25) is 9.59 Å². The molecule has 5 nitrogen and oxygen atoms in total. The molecule has 5 heteroatoms. The van der Waals surface area contributed by atoms with Gasteiger partial charge in [0.05, 0.1) is 7.11 Å². The molecule has 0 saturated heterocycles. The number of rotatable bonds is 12. The van der Waals surface area contributed by atoms with E-state index in [1.165, 1.54) is 0 Å². The van der Waals surface area contributed by atoms with Crippen LogP contribution >= 0.6 is 0 Å². The molecule has 0 fully saturated rings. The van der Waals surface area contributed by atoms with Gasteiger partial charge in [0.25, 0.3) is 0 Å². The minimum Gasteiger partial charge on any atom is -0.497 e. The van der Waals surface area contributed by atoms with Gasteiger partial charge in [-0.05, 0) is 60.1 Å². The van der Waals surface area contributed by atoms with Crippen molar-refractivity contribution < 1.29 is 19.4 Å². The van der Waals surface area contributed by atoms with Crippen molar-refractivity contribution in [3.05, 3.63) is 90.0 Å². The molecule has 172 valence electrons. The maximum absolute atomic E-state index is 12.5. The molecule has 3 aromatic rings. The van der Waals surface area contributed by atoms with Gasteiger partial charge in [0.2, 0.25) is 5.91 Å². The Hall–Kier alpha value is -3.60. The highest BCUT2D eigenvalue weighted by molar-refractivity contribution is 5.76. The number of methoxy groups -OCH3 is 1. The SMILES string of the molecule is COc1ccc(CCCC(=O)NC(CCC(=O)O)Cc2ccc(-c3ccccc3)cc2)cc1. The summed E-state index contributed by atoms with van der Waals surface area (Å²) >= 11 is 0. The van der Waals surface area contributed by atoms with E-state index in [1.54, 1.807) is 7.11 Å². The second kappa shape index (κ2) is 12.4. The second-order valence-corrected chi connectivity index (χ2v) is 8.17. The number of aliphatic carboxylic acids is 1. The van der Waals surface area contributed by atoms with Crippen molar-refractivity contribution in [3.63, 3.8) is 0 Å². The molecule has 0 aliphatic rings. The summed E-state index contributed by atoms with van der Waals surface area (Å²) in [6, 6.07) is 26.0. The van der Waals surface area contributed by atoms with Crippen molar-refractivity contribution in [1.29, 1.82) is 0 Å². The number of hydrogen-bond donors (Lipinski definition) is 2. The molecule has 3 rings (SSSR count). The smallest absolute Gasteiger partial charge is 0.303 e. The van der Waals surface area contributed by atoms with Gasteiger partial charge in [-0.15, -0.1) is 0 Å². The number of hydrogen-bond acceptors (Lipinski definition) is 3. The molecule has 0 aliphatic heterocycles. The van der Waals surface area contributed by atoms with Crippen molar-refractivity contribution in [2.24, 2.45) is 0 Å². The summed E-state index contributed by atoms with van der Waals surface area (Å²) in [6.07, 6.45) is 2.97. The van der Waals surface area contributed by atoms with Gasteiger partial charge < -0.3 is 15.2 Å². The quantitative estimate of drug-likeness (QED) is 0.398. The third kappa shape index (κ3) is 8.11. The van der Waals surface area contributed by atoms with Gasteiger partial charge in [-0.1, -0.05) is 66.7 Å². The first-order valence-corrected chi connectivity index (χ1v) is 11.3. The Morgan fingerprint density at radius 3 is 2.12 bits per heavy atom. The van der Waals surface area contributed by atoms with Crippen LogP contribution in [0, 0.1) is 0 Å². The van der Waals surface area contributed by atoms with Crippen molar-refractivity contribution >= 4 is 11.9 Å². The number of carboxylic acid groups (broad SMARTS) is 1. The van der Waals surface area contributed by atoms with E-state index in [0.29, 0.717) is 19.3 Å². The van der Waals surface area contributed by atoms with Gasteiger partial charge in [0.15, 0.2) is 0 Å². The first-order valence-electron chi connectivity index (χ1n) is 11.3. The Labute approximate surface area is 195 Å². The zero-order valence-electron chi connectivity index (χ0n) is 19.0. The molecule has 33 heavy (non-hydrogen) atoms. The molecule has 3 aromatic carbocycles. The second-order valence-electron chi connectivity index (χ2n) is 8.17. The Bertz CT molecular complexity index is 1010. The van der Waals surface area contributed by atoms with Crippen molar-refractivity contribution in [1.82, 2.24) is 5.32 Å². The van der Waals surface area contributed by atoms with Gasteiger partial charge in [-0.25, -0.2) is 0 Å². The molecule has 0 radical (unpaired) electrons. The van der Waals surface area contributed by atoms with E-state index in [0.717, 1.165) is 40.8 Å². The lowest BCUT2D eigenvalue weighted by Crippen LogP contribution is -2.36. The van der Waals surface area contributed by atoms with Crippen LogP contribution in [0.3, 0.4) is 0 Å². The first-order chi connectivity index (χ1) is 16.0. The molecule has 0 spiro atoms. The summed E-state index contributed by atoms with van der Waals surface area (Å²) in [4.78, 5) is 23.6. The fourth-order valence-corrected chi connectivity index (χ4v) is 3.82. The lowest BCUT2D eigenvalue weighted by molar-refractivity contribution is -0.137. The summed E-state index contributed by atoms with van der Waals surface area (Å²) in [5, 5.41) is 12.2. The van der Waals surface area contributed by atoms with Crippen LogP contribution < -0.4 is 10.1 Å². The third-order valence-electron chi connectivity index (χ3n) is 5.64. The number of amides is 1. The van der Waals surface area contributed by atoms with E-state index >= 15 is 0 Å². The van der Waals surface area contributed by atoms with Crippen LogP contribution in [0.4, 0.5) is 0 Å². The molecule has 0 heterocycles. The van der Waals surface area contributed by atoms with Crippen molar-refractivity contribution in [3.8, 4) is 16.9 Å². The van der Waals surface area contributed by atoms with Crippen LogP contribution in [0.15, 0.2) is 78.9 Å². The Balaban J connectivity index is 1.53. The molecule has 1 atom stereocenters. The van der Waals surface area contributed by atoms with E-state index in [-0.39, 0.29) is 18.4 Å². The molecule has 1 unspecified atom stereocenters. The average Bonchev–Trinajstić information content (AvgIpc) is 2.84. The molecule has 0 saturated carbocycles. The normalized spacial score (nSPS) is 11.5. The largest absolute Gasteiger partial charge is 0.497 e. The highest BCUT2D eigenvalue weighted by atomic mass is 16.5. The number of carboxylic acids is 1. The maximum atomic E-state index is 12.5. The predicted molar refractivity (Wildman–Crippen MR) is 130 cm³/mol. The lowest BCUT2D eigenvalue weighted by atomic mass is 9.98. The van der Waals surface area contributed by atoms with Gasteiger partial charge in [-0.2, -0.15) is 0 Å². The Morgan fingerprint density at radius 1 is 0.848 bits per heavy atom. The highest BCUT2D eigenvalue weighted by Crippen LogP contribution is 2.20. The van der Waals surface area contributed by atoms with E-state index in [4.69, 9.17) is 9.84 Å². The van der Waals surface area contributed by atoms with Crippen LogP contribution in [0.1, 0.15) is 36.8 Å². The molecule has 2 N–H and O–H groups in total. The van der Waals surface area contributed by atoms with Crippen LogP contribution in [-0.2, 0) is 22.4 Å². The maximum Gasteiger partial charge on any atom is 0.303 e. The van der Waals surface area contributed by atoms with Gasteiger partial charge >= 0.3 is 5.97 Å². The zero-order valence-corrected chi connectivity index (χ0v) is 19.0. The number of ether oxygens (including phenoxy) is 1. The predicted octanol–water partition coefficient (Wildman–Crippen LogP) is 5.28. The number of carbonyl (C=O) groups is 2. The summed E-state index contributed by atoms with van der Waals surface area (Å²) in [5.41, 5.74) is 4.51. The number of carbonyl (C=O) groups excluding carboxylic acids is 1. The van der Waals surface area contributed by atoms with Crippen LogP contribution in [0.25, 0.3) is 11.1 Å². The van der Waals surface area contributed by atoms with Crippen LogP contribution in [-0.4, -0.2) is 30.1 Å². The van der Waals surface area contributed by atoms with Crippen LogP contribution in [0.2, 0.25) is 0 Å². The molecule has 0 aliphatic carbocycles. The monoisotopic (exact) mass is 445 g/mol. The number of benzene rings is 3. The van der Waals surface area contributed by atoms with E-state index < -0.39 is 5.97 Å². The minimum atomic E-state index is -0.854. The van der Waals surface area contributed by atoms with Crippen LogP contribution in [0.5, 0.6) is 5.75 Å². The lowest BCUT2D eigenvalue weighted by Gasteiger charge is -2.18. The highest BCUT2D eigenvalue weighted by Gasteiger charge is 2.15. The molecular weight excluding hydrogens is 414 g/mol. The summed E-state index contributed by atoms with van der Waals surface area (Å²) in [5.74, 6) is -0.0810. The number of nitrogens with one attached hydrogen (secondary N) is 1. The van der Waals surface area contributed by atoms with Crippen molar-refractivity contribution in [2.75, 3.05) is 7.11 Å². The molecular formula is C28H31NO4. The Morgan fingerprint density at radius 2 is 1.48 bits per heavy atom. The average molecular weight is 446 g/mol. The molecule has 0 aromatic heterocycles. The summed E-state index contributed by atoms with van der Waals surface area (Å²) in [6.45, 7) is 0. The van der Waals surface area contributed by atoms with E-state index in [1.807, 2.05) is 54.6 Å². The minimum absolute atomic E-state index is 0.0267. The first kappa shape index (κ1) is 24.1. The standard InChI is InChI=1S/C28H31NO4/c1-33-26-17-12-21(13-18-26)6-5-9-27(30)29-25(16-19-28(31)32)20-22-10-14-24(15-11-22)23-7-3-2-4-8-23/h2-4,7-8,10-15,17-18,25H,5-6,9,16,19-20H2,1H3,(H,29,30)(H,31,32). The summed E-state index contributed by atoms with van der Waals surface area (Å²) in [7, 11) is 1.64. The summed E-state index contributed by atoms with van der Waals surface area (Å²) < 4.78 is 5.17. The molecule has 0 bridgehead atoms. The van der Waals surface area contributed by atoms with Gasteiger partial charge in [0, 0.05) is 18.9 Å². The zero-order chi connectivity index (χ0) is 23.5. The van der Waals surface area contributed by atoms with Crippen molar-refractivity contribution in [2.45, 2.75) is 44.6 Å². The van der Waals surface area contributed by atoms with Gasteiger partial charge in [0.1, 0.15) is 5.75 Å².